The number of likely N-dealkylation sites (N-methyl/N-ethyl adjacent to an activating group) is 1. The van der Waals surface area contributed by atoms with E-state index >= 15 is 0 Å². The number of carbonyl (C=O) groups excluding carboxylic acids is 1. The van der Waals surface area contributed by atoms with Gasteiger partial charge in [0.05, 0.1) is 29.3 Å². The summed E-state index contributed by atoms with van der Waals surface area (Å²) in [5, 5.41) is 10.8. The van der Waals surface area contributed by atoms with Crippen LogP contribution in [-0.2, 0) is 4.74 Å². The van der Waals surface area contributed by atoms with Gasteiger partial charge in [0.25, 0.3) is 11.6 Å². The molecule has 0 unspecified atom stereocenters. The van der Waals surface area contributed by atoms with Crippen molar-refractivity contribution < 1.29 is 18.8 Å². The SMILES string of the molecule is CC(C)OCCN(C)C(=O)c1cc(F)cc([N+](=O)[O-])c1N. The lowest BCUT2D eigenvalue weighted by Gasteiger charge is -2.19. The maximum absolute atomic E-state index is 13.4. The van der Waals surface area contributed by atoms with Gasteiger partial charge in [0, 0.05) is 13.6 Å². The Hall–Kier alpha value is -2.22. The number of nitro groups is 1. The molecule has 0 saturated carbocycles. The summed E-state index contributed by atoms with van der Waals surface area (Å²) in [6.07, 6.45) is 0.0221. The molecule has 0 bridgehead atoms. The van der Waals surface area contributed by atoms with E-state index in [1.807, 2.05) is 13.8 Å². The lowest BCUT2D eigenvalue weighted by atomic mass is 10.1. The fourth-order valence-corrected chi connectivity index (χ4v) is 1.66. The lowest BCUT2D eigenvalue weighted by Crippen LogP contribution is -2.31. The summed E-state index contributed by atoms with van der Waals surface area (Å²) in [6.45, 7) is 4.28. The molecule has 0 aliphatic heterocycles. The van der Waals surface area contributed by atoms with Crippen LogP contribution in [0.1, 0.15) is 24.2 Å². The van der Waals surface area contributed by atoms with Crippen molar-refractivity contribution in [1.29, 1.82) is 0 Å². The van der Waals surface area contributed by atoms with E-state index in [1.54, 1.807) is 0 Å². The number of hydrogen-bond acceptors (Lipinski definition) is 5. The zero-order valence-corrected chi connectivity index (χ0v) is 12.1. The highest BCUT2D eigenvalue weighted by atomic mass is 19.1. The highest BCUT2D eigenvalue weighted by Crippen LogP contribution is 2.27. The fourth-order valence-electron chi connectivity index (χ4n) is 1.66. The van der Waals surface area contributed by atoms with E-state index in [0.29, 0.717) is 12.7 Å². The third-order valence-corrected chi connectivity index (χ3v) is 2.77. The summed E-state index contributed by atoms with van der Waals surface area (Å²) in [7, 11) is 1.49. The van der Waals surface area contributed by atoms with Crippen LogP contribution in [0.3, 0.4) is 0 Å². The number of amides is 1. The van der Waals surface area contributed by atoms with E-state index < -0.39 is 22.3 Å². The third kappa shape index (κ3) is 4.38. The first-order valence-electron chi connectivity index (χ1n) is 6.34. The van der Waals surface area contributed by atoms with Crippen LogP contribution in [0.2, 0.25) is 0 Å². The predicted octanol–water partition coefficient (Wildman–Crippen LogP) is 1.81. The summed E-state index contributed by atoms with van der Waals surface area (Å²) in [5.74, 6) is -1.48. The average Bonchev–Trinajstić information content (AvgIpc) is 2.39. The highest BCUT2D eigenvalue weighted by molar-refractivity contribution is 6.00. The van der Waals surface area contributed by atoms with Crippen molar-refractivity contribution in [3.8, 4) is 0 Å². The summed E-state index contributed by atoms with van der Waals surface area (Å²) < 4.78 is 18.7. The first-order valence-corrected chi connectivity index (χ1v) is 6.34. The minimum atomic E-state index is -0.883. The predicted molar refractivity (Wildman–Crippen MR) is 75.5 cm³/mol. The molecule has 1 amide bonds. The number of rotatable bonds is 6. The summed E-state index contributed by atoms with van der Waals surface area (Å²) in [6, 6.07) is 1.58. The highest BCUT2D eigenvalue weighted by Gasteiger charge is 2.23. The topological polar surface area (TPSA) is 98.7 Å². The van der Waals surface area contributed by atoms with E-state index in [0.717, 1.165) is 6.07 Å². The standard InChI is InChI=1S/C13H18FN3O4/c1-8(2)21-5-4-16(3)13(18)10-6-9(14)7-11(12(10)15)17(19)20/h6-8H,4-5,15H2,1-3H3. The van der Waals surface area contributed by atoms with Crippen molar-refractivity contribution in [2.45, 2.75) is 20.0 Å². The molecule has 0 saturated heterocycles. The molecular weight excluding hydrogens is 281 g/mol. The van der Waals surface area contributed by atoms with Gasteiger partial charge in [-0.3, -0.25) is 14.9 Å². The second-order valence-electron chi connectivity index (χ2n) is 4.79. The van der Waals surface area contributed by atoms with Gasteiger partial charge in [-0.25, -0.2) is 4.39 Å². The first-order chi connectivity index (χ1) is 9.73. The number of ether oxygens (including phenoxy) is 1. The Balaban J connectivity index is 2.94. The van der Waals surface area contributed by atoms with E-state index in [9.17, 15) is 19.3 Å². The van der Waals surface area contributed by atoms with Crippen molar-refractivity contribution >= 4 is 17.3 Å². The van der Waals surface area contributed by atoms with Crippen molar-refractivity contribution in [1.82, 2.24) is 4.90 Å². The summed E-state index contributed by atoms with van der Waals surface area (Å²) in [5.41, 5.74) is 4.39. The number of anilines is 1. The molecule has 0 spiro atoms. The molecule has 0 fully saturated rings. The summed E-state index contributed by atoms with van der Waals surface area (Å²) in [4.78, 5) is 23.4. The molecule has 1 aromatic carbocycles. The molecule has 1 rings (SSSR count). The van der Waals surface area contributed by atoms with E-state index in [4.69, 9.17) is 10.5 Å². The molecular formula is C13H18FN3O4. The Morgan fingerprint density at radius 3 is 2.67 bits per heavy atom. The number of nitrogens with zero attached hydrogens (tertiary/aromatic N) is 2. The normalized spacial score (nSPS) is 10.7. The molecule has 0 aliphatic rings. The van der Waals surface area contributed by atoms with Gasteiger partial charge in [-0.15, -0.1) is 0 Å². The van der Waals surface area contributed by atoms with Gasteiger partial charge in [-0.2, -0.15) is 0 Å². The van der Waals surface area contributed by atoms with Crippen LogP contribution in [0, 0.1) is 15.9 Å². The van der Waals surface area contributed by atoms with Gasteiger partial charge in [-0.1, -0.05) is 0 Å². The molecule has 116 valence electrons. The van der Waals surface area contributed by atoms with E-state index in [2.05, 4.69) is 0 Å². The van der Waals surface area contributed by atoms with Gasteiger partial charge in [0.15, 0.2) is 0 Å². The number of nitrogen functional groups attached to an aromatic ring is 1. The molecule has 0 heterocycles. The number of carbonyl (C=O) groups is 1. The quantitative estimate of drug-likeness (QED) is 0.490. The average molecular weight is 299 g/mol. The maximum atomic E-state index is 13.4. The smallest absolute Gasteiger partial charge is 0.295 e. The molecule has 21 heavy (non-hydrogen) atoms. The lowest BCUT2D eigenvalue weighted by molar-refractivity contribution is -0.384. The molecule has 0 radical (unpaired) electrons. The number of hydrogen-bond donors (Lipinski definition) is 1. The number of halogens is 1. The largest absolute Gasteiger partial charge is 0.393 e. The Labute approximate surface area is 121 Å². The van der Waals surface area contributed by atoms with Crippen molar-refractivity contribution in [2.75, 3.05) is 25.9 Å². The second-order valence-corrected chi connectivity index (χ2v) is 4.79. The number of nitrogens with two attached hydrogens (primary N) is 1. The molecule has 0 aromatic heterocycles. The van der Waals surface area contributed by atoms with E-state index in [1.165, 1.54) is 11.9 Å². The van der Waals surface area contributed by atoms with Crippen molar-refractivity contribution in [3.63, 3.8) is 0 Å². The minimum absolute atomic E-state index is 0.0221. The van der Waals surface area contributed by atoms with Gasteiger partial charge in [0.2, 0.25) is 0 Å². The van der Waals surface area contributed by atoms with Crippen LogP contribution in [0.5, 0.6) is 0 Å². The van der Waals surface area contributed by atoms with Crippen LogP contribution in [0.15, 0.2) is 12.1 Å². The molecule has 0 aliphatic carbocycles. The van der Waals surface area contributed by atoms with Gasteiger partial charge < -0.3 is 15.4 Å². The van der Waals surface area contributed by atoms with E-state index in [-0.39, 0.29) is 23.9 Å². The van der Waals surface area contributed by atoms with Gasteiger partial charge in [-0.05, 0) is 19.9 Å². The van der Waals surface area contributed by atoms with Crippen LogP contribution < -0.4 is 5.73 Å². The van der Waals surface area contributed by atoms with Crippen LogP contribution in [-0.4, -0.2) is 42.0 Å². The zero-order valence-electron chi connectivity index (χ0n) is 12.1. The molecule has 1 aromatic rings. The van der Waals surface area contributed by atoms with Gasteiger partial charge in [0.1, 0.15) is 11.5 Å². The fraction of sp³-hybridized carbons (Fsp3) is 0.462. The second kappa shape index (κ2) is 6.98. The minimum Gasteiger partial charge on any atom is -0.393 e. The van der Waals surface area contributed by atoms with Crippen LogP contribution in [0.4, 0.5) is 15.8 Å². The molecule has 2 N–H and O–H groups in total. The molecule has 0 atom stereocenters. The molecule has 8 heteroatoms. The van der Waals surface area contributed by atoms with Crippen molar-refractivity contribution in [2.24, 2.45) is 0 Å². The van der Waals surface area contributed by atoms with Crippen LogP contribution >= 0.6 is 0 Å². The summed E-state index contributed by atoms with van der Waals surface area (Å²) >= 11 is 0. The van der Waals surface area contributed by atoms with Crippen molar-refractivity contribution in [3.05, 3.63) is 33.6 Å². The van der Waals surface area contributed by atoms with Crippen LogP contribution in [0.25, 0.3) is 0 Å². The zero-order chi connectivity index (χ0) is 16.2. The first kappa shape index (κ1) is 16.8. The maximum Gasteiger partial charge on any atom is 0.295 e. The Kier molecular flexibility index (Phi) is 5.60. The Morgan fingerprint density at radius 2 is 2.14 bits per heavy atom. The Morgan fingerprint density at radius 1 is 1.52 bits per heavy atom. The Bertz CT molecular complexity index is 548. The van der Waals surface area contributed by atoms with Gasteiger partial charge >= 0.3 is 0 Å². The number of nitro benzene ring substituents is 1. The third-order valence-electron chi connectivity index (χ3n) is 2.77. The number of benzene rings is 1. The molecule has 7 nitrogen and oxygen atoms in total. The monoisotopic (exact) mass is 299 g/mol.